The molecule has 0 radical (unpaired) electrons. The molecule has 6 nitrogen and oxygen atoms in total. The van der Waals surface area contributed by atoms with Crippen LogP contribution in [0.1, 0.15) is 30.3 Å². The van der Waals surface area contributed by atoms with Crippen molar-refractivity contribution in [3.63, 3.8) is 0 Å². The highest BCUT2D eigenvalue weighted by molar-refractivity contribution is 5.77. The van der Waals surface area contributed by atoms with E-state index >= 15 is 0 Å². The maximum absolute atomic E-state index is 12.4. The number of ether oxygens (including phenoxy) is 1. The van der Waals surface area contributed by atoms with Gasteiger partial charge < -0.3 is 14.2 Å². The zero-order valence-electron chi connectivity index (χ0n) is 13.7. The number of carbonyl (C=O) groups excluding carboxylic acids is 1. The highest BCUT2D eigenvalue weighted by Gasteiger charge is 2.25. The van der Waals surface area contributed by atoms with Gasteiger partial charge in [0.1, 0.15) is 11.6 Å². The molecule has 1 aromatic heterocycles. The number of hydrogen-bond acceptors (Lipinski definition) is 4. The summed E-state index contributed by atoms with van der Waals surface area (Å²) in [6.45, 7) is 3.45. The molecule has 6 heteroatoms. The van der Waals surface area contributed by atoms with Crippen LogP contribution < -0.4 is 4.74 Å². The fourth-order valence-corrected chi connectivity index (χ4v) is 3.04. The van der Waals surface area contributed by atoms with Crippen molar-refractivity contribution < 1.29 is 9.53 Å². The van der Waals surface area contributed by atoms with E-state index in [-0.39, 0.29) is 18.6 Å². The summed E-state index contributed by atoms with van der Waals surface area (Å²) in [6, 6.07) is 9.11. The second-order valence-corrected chi connectivity index (χ2v) is 5.94. The lowest BCUT2D eigenvalue weighted by Gasteiger charge is -2.33. The van der Waals surface area contributed by atoms with Gasteiger partial charge in [-0.05, 0) is 44.0 Å². The number of nitrogens with zero attached hydrogens (tertiary/aromatic N) is 4. The minimum atomic E-state index is -0.0122. The van der Waals surface area contributed by atoms with Gasteiger partial charge in [0.05, 0.1) is 17.7 Å². The molecular formula is C18H20N4O2. The van der Waals surface area contributed by atoms with Gasteiger partial charge in [-0.3, -0.25) is 4.79 Å². The van der Waals surface area contributed by atoms with Crippen molar-refractivity contribution in [1.29, 1.82) is 5.26 Å². The number of rotatable bonds is 4. The number of benzene rings is 1. The second kappa shape index (κ2) is 7.18. The van der Waals surface area contributed by atoms with Gasteiger partial charge in [0.15, 0.2) is 6.61 Å². The van der Waals surface area contributed by atoms with Crippen LogP contribution in [0.5, 0.6) is 5.75 Å². The van der Waals surface area contributed by atoms with Crippen LogP contribution in [0.15, 0.2) is 36.7 Å². The molecule has 1 aliphatic heterocycles. The number of aryl methyl sites for hydroxylation is 1. The van der Waals surface area contributed by atoms with E-state index in [9.17, 15) is 4.79 Å². The van der Waals surface area contributed by atoms with E-state index in [0.29, 0.717) is 17.9 Å². The third kappa shape index (κ3) is 3.57. The molecule has 2 heterocycles. The Labute approximate surface area is 141 Å². The smallest absolute Gasteiger partial charge is 0.260 e. The van der Waals surface area contributed by atoms with Crippen molar-refractivity contribution in [3.05, 3.63) is 48.0 Å². The fourth-order valence-electron chi connectivity index (χ4n) is 3.04. The Morgan fingerprint density at radius 1 is 1.42 bits per heavy atom. The van der Waals surface area contributed by atoms with E-state index < -0.39 is 0 Å². The third-order valence-electron chi connectivity index (χ3n) is 4.35. The van der Waals surface area contributed by atoms with Crippen LogP contribution in [-0.4, -0.2) is 40.1 Å². The number of hydrogen-bond donors (Lipinski definition) is 0. The van der Waals surface area contributed by atoms with Crippen LogP contribution in [-0.2, 0) is 4.79 Å². The summed E-state index contributed by atoms with van der Waals surface area (Å²) in [5.74, 6) is 1.56. The molecule has 2 aromatic rings. The average molecular weight is 324 g/mol. The zero-order chi connectivity index (χ0) is 16.9. The van der Waals surface area contributed by atoms with Crippen molar-refractivity contribution in [3.8, 4) is 11.8 Å². The molecule has 1 aliphatic rings. The number of imidazole rings is 1. The van der Waals surface area contributed by atoms with Crippen molar-refractivity contribution in [2.75, 3.05) is 19.7 Å². The number of amides is 1. The second-order valence-electron chi connectivity index (χ2n) is 5.94. The summed E-state index contributed by atoms with van der Waals surface area (Å²) in [7, 11) is 0. The maximum atomic E-state index is 12.4. The Kier molecular flexibility index (Phi) is 4.80. The van der Waals surface area contributed by atoms with E-state index in [4.69, 9.17) is 10.00 Å². The van der Waals surface area contributed by atoms with Gasteiger partial charge in [-0.2, -0.15) is 5.26 Å². The predicted molar refractivity (Wildman–Crippen MR) is 88.5 cm³/mol. The molecule has 1 atom stereocenters. The molecule has 1 amide bonds. The van der Waals surface area contributed by atoms with Gasteiger partial charge >= 0.3 is 0 Å². The van der Waals surface area contributed by atoms with Crippen molar-refractivity contribution in [1.82, 2.24) is 14.5 Å². The quantitative estimate of drug-likeness (QED) is 0.865. The number of piperidine rings is 1. The van der Waals surface area contributed by atoms with Crippen LogP contribution in [0.25, 0.3) is 0 Å². The summed E-state index contributed by atoms with van der Waals surface area (Å²) in [6.07, 6.45) is 5.80. The summed E-state index contributed by atoms with van der Waals surface area (Å²) >= 11 is 0. The molecule has 24 heavy (non-hydrogen) atoms. The maximum Gasteiger partial charge on any atom is 0.260 e. The monoisotopic (exact) mass is 324 g/mol. The molecule has 0 spiro atoms. The van der Waals surface area contributed by atoms with Crippen LogP contribution >= 0.6 is 0 Å². The fraction of sp³-hybridized carbons (Fsp3) is 0.389. The van der Waals surface area contributed by atoms with E-state index in [1.165, 1.54) is 0 Å². The standard InChI is InChI=1S/C18H20N4O2/c1-14-20-8-10-22(14)16-3-2-9-21(12-16)18(23)13-24-17-6-4-15(11-19)5-7-17/h4-8,10,16H,2-3,9,12-13H2,1H3. The lowest BCUT2D eigenvalue weighted by molar-refractivity contribution is -0.135. The average Bonchev–Trinajstić information content (AvgIpc) is 3.06. The highest BCUT2D eigenvalue weighted by Crippen LogP contribution is 2.23. The van der Waals surface area contributed by atoms with E-state index in [1.807, 2.05) is 18.0 Å². The van der Waals surface area contributed by atoms with Crippen molar-refractivity contribution >= 4 is 5.91 Å². The van der Waals surface area contributed by atoms with E-state index in [1.54, 1.807) is 30.5 Å². The number of nitriles is 1. The minimum absolute atomic E-state index is 0.0122. The lowest BCUT2D eigenvalue weighted by Crippen LogP contribution is -2.43. The Morgan fingerprint density at radius 2 is 2.21 bits per heavy atom. The molecule has 0 saturated carbocycles. The zero-order valence-corrected chi connectivity index (χ0v) is 13.7. The summed E-state index contributed by atoms with van der Waals surface area (Å²) < 4.78 is 7.69. The third-order valence-corrected chi connectivity index (χ3v) is 4.35. The number of carbonyl (C=O) groups is 1. The first-order valence-corrected chi connectivity index (χ1v) is 8.07. The SMILES string of the molecule is Cc1nccn1C1CCCN(C(=O)COc2ccc(C#N)cc2)C1. The molecule has 0 N–H and O–H groups in total. The number of likely N-dealkylation sites (tertiary alicyclic amines) is 1. The molecule has 0 bridgehead atoms. The van der Waals surface area contributed by atoms with Gasteiger partial charge in [-0.1, -0.05) is 0 Å². The predicted octanol–water partition coefficient (Wildman–Crippen LogP) is 2.31. The van der Waals surface area contributed by atoms with Gasteiger partial charge in [0.2, 0.25) is 0 Å². The summed E-state index contributed by atoms with van der Waals surface area (Å²) in [5, 5.41) is 8.78. The normalized spacial score (nSPS) is 17.3. The van der Waals surface area contributed by atoms with Crippen LogP contribution in [0.4, 0.5) is 0 Å². The Balaban J connectivity index is 1.56. The number of aromatic nitrogens is 2. The van der Waals surface area contributed by atoms with E-state index in [2.05, 4.69) is 15.6 Å². The Hall–Kier alpha value is -2.81. The van der Waals surface area contributed by atoms with E-state index in [0.717, 1.165) is 25.2 Å². The van der Waals surface area contributed by atoms with Gasteiger partial charge in [0, 0.05) is 25.5 Å². The molecule has 124 valence electrons. The van der Waals surface area contributed by atoms with Gasteiger partial charge in [0.25, 0.3) is 5.91 Å². The minimum Gasteiger partial charge on any atom is -0.484 e. The van der Waals surface area contributed by atoms with Crippen LogP contribution in [0.3, 0.4) is 0 Å². The molecule has 1 aromatic carbocycles. The van der Waals surface area contributed by atoms with Crippen molar-refractivity contribution in [2.45, 2.75) is 25.8 Å². The Morgan fingerprint density at radius 3 is 2.88 bits per heavy atom. The lowest BCUT2D eigenvalue weighted by atomic mass is 10.1. The molecule has 1 fully saturated rings. The highest BCUT2D eigenvalue weighted by atomic mass is 16.5. The molecular weight excluding hydrogens is 304 g/mol. The largest absolute Gasteiger partial charge is 0.484 e. The first-order valence-electron chi connectivity index (χ1n) is 8.07. The Bertz CT molecular complexity index is 745. The molecule has 0 aliphatic carbocycles. The molecule has 1 saturated heterocycles. The summed E-state index contributed by atoms with van der Waals surface area (Å²) in [4.78, 5) is 18.5. The molecule has 1 unspecified atom stereocenters. The van der Waals surface area contributed by atoms with Gasteiger partial charge in [-0.15, -0.1) is 0 Å². The first kappa shape index (κ1) is 16.1. The van der Waals surface area contributed by atoms with Crippen LogP contribution in [0.2, 0.25) is 0 Å². The van der Waals surface area contributed by atoms with Crippen molar-refractivity contribution in [2.24, 2.45) is 0 Å². The molecule has 3 rings (SSSR count). The van der Waals surface area contributed by atoms with Crippen LogP contribution in [0, 0.1) is 18.3 Å². The first-order chi connectivity index (χ1) is 11.7. The topological polar surface area (TPSA) is 71.2 Å². The van der Waals surface area contributed by atoms with Gasteiger partial charge in [-0.25, -0.2) is 4.98 Å². The summed E-state index contributed by atoms with van der Waals surface area (Å²) in [5.41, 5.74) is 0.572.